The Balaban J connectivity index is 1.56. The van der Waals surface area contributed by atoms with Crippen molar-refractivity contribution in [3.05, 3.63) is 59.7 Å². The van der Waals surface area contributed by atoms with Crippen LogP contribution in [0.5, 0.6) is 5.75 Å². The lowest BCUT2D eigenvalue weighted by molar-refractivity contribution is -0.117. The first kappa shape index (κ1) is 21.7. The van der Waals surface area contributed by atoms with E-state index in [0.717, 1.165) is 43.9 Å². The Morgan fingerprint density at radius 3 is 2.72 bits per heavy atom. The fourth-order valence-electron chi connectivity index (χ4n) is 3.58. The van der Waals surface area contributed by atoms with Gasteiger partial charge in [-0.25, -0.2) is 0 Å². The number of aromatic hydroxyl groups is 1. The van der Waals surface area contributed by atoms with Crippen molar-refractivity contribution >= 4 is 23.4 Å². The highest BCUT2D eigenvalue weighted by Crippen LogP contribution is 2.19. The molecule has 0 aliphatic carbocycles. The molecule has 1 heterocycles. The fraction of sp³-hybridized carbons (Fsp3) is 0.435. The zero-order valence-electron chi connectivity index (χ0n) is 17.1. The molecule has 156 valence electrons. The van der Waals surface area contributed by atoms with E-state index in [1.165, 1.54) is 17.1 Å². The minimum absolute atomic E-state index is 0.0274. The minimum Gasteiger partial charge on any atom is -0.508 e. The van der Waals surface area contributed by atoms with Gasteiger partial charge in [0.15, 0.2) is 0 Å². The molecular formula is C23H31N3O2S. The number of amides is 1. The highest BCUT2D eigenvalue weighted by molar-refractivity contribution is 7.99. The lowest BCUT2D eigenvalue weighted by Gasteiger charge is -2.26. The monoisotopic (exact) mass is 413 g/mol. The van der Waals surface area contributed by atoms with E-state index in [9.17, 15) is 9.90 Å². The zero-order chi connectivity index (χ0) is 20.5. The van der Waals surface area contributed by atoms with Crippen LogP contribution in [0.4, 0.5) is 5.69 Å². The first-order valence-corrected chi connectivity index (χ1v) is 11.5. The normalized spacial score (nSPS) is 14.8. The molecule has 0 bridgehead atoms. The van der Waals surface area contributed by atoms with Crippen molar-refractivity contribution in [2.75, 3.05) is 43.0 Å². The third-order valence-electron chi connectivity index (χ3n) is 5.01. The number of thioether (sulfide) groups is 1. The number of phenols is 1. The molecule has 0 atom stereocenters. The van der Waals surface area contributed by atoms with E-state index >= 15 is 0 Å². The Morgan fingerprint density at radius 1 is 1.17 bits per heavy atom. The molecule has 29 heavy (non-hydrogen) atoms. The van der Waals surface area contributed by atoms with Crippen LogP contribution in [0.15, 0.2) is 48.5 Å². The van der Waals surface area contributed by atoms with Gasteiger partial charge in [-0.15, -0.1) is 0 Å². The number of para-hydroxylation sites is 1. The summed E-state index contributed by atoms with van der Waals surface area (Å²) in [5.41, 5.74) is 2.92. The van der Waals surface area contributed by atoms with E-state index < -0.39 is 0 Å². The molecule has 0 saturated carbocycles. The number of benzene rings is 2. The molecule has 0 radical (unpaired) electrons. The van der Waals surface area contributed by atoms with E-state index in [1.807, 2.05) is 42.1 Å². The maximum Gasteiger partial charge on any atom is 0.238 e. The topological polar surface area (TPSA) is 55.8 Å². The molecule has 1 saturated heterocycles. The average molecular weight is 414 g/mol. The smallest absolute Gasteiger partial charge is 0.238 e. The number of phenolic OH excluding ortho intramolecular Hbond substituents is 1. The van der Waals surface area contributed by atoms with Gasteiger partial charge in [-0.05, 0) is 36.7 Å². The maximum absolute atomic E-state index is 12.6. The van der Waals surface area contributed by atoms with Crippen LogP contribution >= 0.6 is 11.8 Å². The Morgan fingerprint density at radius 2 is 1.97 bits per heavy atom. The van der Waals surface area contributed by atoms with Crippen LogP contribution in [-0.4, -0.2) is 58.5 Å². The Kier molecular flexibility index (Phi) is 8.40. The summed E-state index contributed by atoms with van der Waals surface area (Å²) >= 11 is 2.01. The molecule has 1 amide bonds. The number of hydrogen-bond donors (Lipinski definition) is 2. The van der Waals surface area contributed by atoms with Gasteiger partial charge in [-0.3, -0.25) is 14.6 Å². The Labute approximate surface area is 178 Å². The molecule has 0 unspecified atom stereocenters. The molecule has 3 rings (SSSR count). The highest BCUT2D eigenvalue weighted by Gasteiger charge is 2.14. The number of hydrogen-bond acceptors (Lipinski definition) is 5. The molecule has 5 nitrogen and oxygen atoms in total. The van der Waals surface area contributed by atoms with Crippen LogP contribution in [0.2, 0.25) is 0 Å². The van der Waals surface area contributed by atoms with Gasteiger partial charge < -0.3 is 10.4 Å². The third kappa shape index (κ3) is 7.07. The van der Waals surface area contributed by atoms with Gasteiger partial charge in [0, 0.05) is 48.9 Å². The minimum atomic E-state index is -0.0274. The maximum atomic E-state index is 12.6. The van der Waals surface area contributed by atoms with Crippen LogP contribution < -0.4 is 5.32 Å². The first-order chi connectivity index (χ1) is 14.1. The average Bonchev–Trinajstić information content (AvgIpc) is 2.71. The summed E-state index contributed by atoms with van der Waals surface area (Å²) in [6.07, 6.45) is 0.949. The SMILES string of the molecule is CCCN(CC(=O)Nc1cccc(CN2CCSCC2)c1)Cc1ccccc1O. The van der Waals surface area contributed by atoms with Gasteiger partial charge in [0.05, 0.1) is 6.54 Å². The van der Waals surface area contributed by atoms with E-state index in [4.69, 9.17) is 0 Å². The number of carbonyl (C=O) groups excluding carboxylic acids is 1. The summed E-state index contributed by atoms with van der Waals surface area (Å²) in [5, 5.41) is 13.1. The molecule has 1 aliphatic heterocycles. The molecule has 2 aromatic rings. The third-order valence-corrected chi connectivity index (χ3v) is 5.96. The second-order valence-corrected chi connectivity index (χ2v) is 8.70. The van der Waals surface area contributed by atoms with Crippen LogP contribution in [0.25, 0.3) is 0 Å². The van der Waals surface area contributed by atoms with Crippen molar-refractivity contribution in [2.45, 2.75) is 26.4 Å². The van der Waals surface area contributed by atoms with Gasteiger partial charge in [0.2, 0.25) is 5.91 Å². The fourth-order valence-corrected chi connectivity index (χ4v) is 4.56. The number of anilines is 1. The van der Waals surface area contributed by atoms with Crippen LogP contribution in [0.1, 0.15) is 24.5 Å². The molecule has 2 aromatic carbocycles. The van der Waals surface area contributed by atoms with Gasteiger partial charge in [0.1, 0.15) is 5.75 Å². The Hall–Kier alpha value is -2.02. The molecule has 6 heteroatoms. The van der Waals surface area contributed by atoms with E-state index in [-0.39, 0.29) is 11.7 Å². The Bertz CT molecular complexity index is 793. The summed E-state index contributed by atoms with van der Waals surface area (Å²) in [7, 11) is 0. The first-order valence-electron chi connectivity index (χ1n) is 10.3. The lowest BCUT2D eigenvalue weighted by Crippen LogP contribution is -2.33. The van der Waals surface area contributed by atoms with E-state index in [2.05, 4.69) is 34.2 Å². The van der Waals surface area contributed by atoms with Crippen LogP contribution in [0, 0.1) is 0 Å². The van der Waals surface area contributed by atoms with Crippen molar-refractivity contribution in [3.8, 4) is 5.75 Å². The van der Waals surface area contributed by atoms with Gasteiger partial charge in [0.25, 0.3) is 0 Å². The van der Waals surface area contributed by atoms with Gasteiger partial charge in [-0.2, -0.15) is 11.8 Å². The van der Waals surface area contributed by atoms with Crippen molar-refractivity contribution in [1.82, 2.24) is 9.80 Å². The molecule has 1 aliphatic rings. The number of carbonyl (C=O) groups is 1. The quantitative estimate of drug-likeness (QED) is 0.655. The molecule has 1 fully saturated rings. The van der Waals surface area contributed by atoms with Crippen molar-refractivity contribution in [1.29, 1.82) is 0 Å². The molecule has 2 N–H and O–H groups in total. The summed E-state index contributed by atoms with van der Waals surface area (Å²) in [6, 6.07) is 15.5. The van der Waals surface area contributed by atoms with Gasteiger partial charge >= 0.3 is 0 Å². The molecule has 0 aromatic heterocycles. The number of nitrogens with one attached hydrogen (secondary N) is 1. The van der Waals surface area contributed by atoms with Crippen LogP contribution in [0.3, 0.4) is 0 Å². The second kappa shape index (κ2) is 11.2. The van der Waals surface area contributed by atoms with Gasteiger partial charge in [-0.1, -0.05) is 37.3 Å². The number of nitrogens with zero attached hydrogens (tertiary/aromatic N) is 2. The summed E-state index contributed by atoms with van der Waals surface area (Å²) in [6.45, 7) is 6.93. The van der Waals surface area contributed by atoms with Crippen molar-refractivity contribution in [2.24, 2.45) is 0 Å². The summed E-state index contributed by atoms with van der Waals surface area (Å²) < 4.78 is 0. The lowest BCUT2D eigenvalue weighted by atomic mass is 10.1. The summed E-state index contributed by atoms with van der Waals surface area (Å²) in [4.78, 5) is 17.2. The standard InChI is InChI=1S/C23H31N3O2S/c1-2-10-26(17-20-7-3-4-9-22(20)27)18-23(28)24-21-8-5-6-19(15-21)16-25-11-13-29-14-12-25/h3-9,15,27H,2,10-14,16-18H2,1H3,(H,24,28). The zero-order valence-corrected chi connectivity index (χ0v) is 18.0. The largest absolute Gasteiger partial charge is 0.508 e. The second-order valence-electron chi connectivity index (χ2n) is 7.48. The summed E-state index contributed by atoms with van der Waals surface area (Å²) in [5.74, 6) is 2.64. The van der Waals surface area contributed by atoms with E-state index in [1.54, 1.807) is 6.07 Å². The van der Waals surface area contributed by atoms with Crippen molar-refractivity contribution in [3.63, 3.8) is 0 Å². The molecular weight excluding hydrogens is 382 g/mol. The van der Waals surface area contributed by atoms with E-state index in [0.29, 0.717) is 13.1 Å². The highest BCUT2D eigenvalue weighted by atomic mass is 32.2. The predicted molar refractivity (Wildman–Crippen MR) is 121 cm³/mol. The number of rotatable bonds is 9. The van der Waals surface area contributed by atoms with Crippen LogP contribution in [-0.2, 0) is 17.9 Å². The molecule has 0 spiro atoms. The van der Waals surface area contributed by atoms with Crippen molar-refractivity contribution < 1.29 is 9.90 Å². The predicted octanol–water partition coefficient (Wildman–Crippen LogP) is 3.79.